The van der Waals surface area contributed by atoms with Gasteiger partial charge in [-0.15, -0.1) is 0 Å². The fourth-order valence-electron chi connectivity index (χ4n) is 1.93. The minimum Gasteiger partial charge on any atom is -0.508 e. The van der Waals surface area contributed by atoms with Crippen molar-refractivity contribution in [2.24, 2.45) is 0 Å². The van der Waals surface area contributed by atoms with Gasteiger partial charge in [0.15, 0.2) is 0 Å². The van der Waals surface area contributed by atoms with Crippen molar-refractivity contribution in [2.75, 3.05) is 30.0 Å². The molecule has 0 saturated carbocycles. The molecule has 1 aromatic rings. The van der Waals surface area contributed by atoms with Crippen LogP contribution in [0.3, 0.4) is 0 Å². The van der Waals surface area contributed by atoms with Crippen molar-refractivity contribution in [1.29, 1.82) is 0 Å². The van der Waals surface area contributed by atoms with Gasteiger partial charge in [0.05, 0.1) is 19.4 Å². The molecule has 0 spiro atoms. The predicted octanol–water partition coefficient (Wildman–Crippen LogP) is 5.51. The second-order valence-electron chi connectivity index (χ2n) is 5.21. The Kier molecular flexibility index (Phi) is 11.5. The Morgan fingerprint density at radius 1 is 0.913 bits per heavy atom. The first kappa shape index (κ1) is 21.2. The largest absolute Gasteiger partial charge is 0.508 e. The van der Waals surface area contributed by atoms with Crippen molar-refractivity contribution in [2.45, 2.75) is 32.1 Å². The smallest absolute Gasteiger partial charge is 0.330 e. The molecule has 1 atom stereocenters. The number of phenolic OH excluding ortho intramolecular Hbond substituents is 1. The molecule has 0 radical (unpaired) electrons. The van der Waals surface area contributed by atoms with E-state index < -0.39 is 7.60 Å². The van der Waals surface area contributed by atoms with Gasteiger partial charge in [0, 0.05) is 10.7 Å². The lowest BCUT2D eigenvalue weighted by atomic mass is 10.2. The number of hydrogen-bond acceptors (Lipinski definition) is 4. The van der Waals surface area contributed by atoms with Crippen LogP contribution in [0.1, 0.15) is 31.2 Å². The highest BCUT2D eigenvalue weighted by atomic mass is 79.9. The van der Waals surface area contributed by atoms with E-state index in [-0.39, 0.29) is 5.75 Å². The Balaban J connectivity index is 2.43. The Bertz CT molecular complexity index is 468. The van der Waals surface area contributed by atoms with Crippen LogP contribution in [0.4, 0.5) is 0 Å². The average Bonchev–Trinajstić information content (AvgIpc) is 2.54. The van der Waals surface area contributed by atoms with Crippen LogP contribution in [0.5, 0.6) is 5.75 Å². The van der Waals surface area contributed by atoms with Crippen molar-refractivity contribution in [3.63, 3.8) is 0 Å². The Labute approximate surface area is 155 Å². The molecule has 0 amide bonds. The summed E-state index contributed by atoms with van der Waals surface area (Å²) in [5.74, 6) is 0.241. The van der Waals surface area contributed by atoms with Crippen LogP contribution < -0.4 is 0 Å². The first-order valence-electron chi connectivity index (χ1n) is 7.87. The number of unbranched alkanes of at least 4 members (excludes halogenated alkanes) is 2. The summed E-state index contributed by atoms with van der Waals surface area (Å²) < 4.78 is 24.0. The molecule has 1 rings (SSSR count). The quantitative estimate of drug-likeness (QED) is 0.234. The lowest BCUT2D eigenvalue weighted by molar-refractivity contribution is 0.203. The molecule has 4 nitrogen and oxygen atoms in total. The summed E-state index contributed by atoms with van der Waals surface area (Å²) in [6, 6.07) is 6.96. The number of phenols is 1. The van der Waals surface area contributed by atoms with Gasteiger partial charge in [0.1, 0.15) is 5.75 Å². The molecule has 23 heavy (non-hydrogen) atoms. The first-order chi connectivity index (χ1) is 11.1. The lowest BCUT2D eigenvalue weighted by Crippen LogP contribution is -2.05. The van der Waals surface area contributed by atoms with E-state index in [9.17, 15) is 9.67 Å². The maximum absolute atomic E-state index is 12.8. The van der Waals surface area contributed by atoms with Gasteiger partial charge in [0.25, 0.3) is 0 Å². The minimum absolute atomic E-state index is 0.241. The summed E-state index contributed by atoms with van der Waals surface area (Å²) in [6.07, 6.45) is 4.75. The van der Waals surface area contributed by atoms with Gasteiger partial charge in [-0.3, -0.25) is 4.57 Å². The highest BCUT2D eigenvalue weighted by molar-refractivity contribution is 9.09. The molecule has 0 saturated heterocycles. The van der Waals surface area contributed by atoms with E-state index >= 15 is 0 Å². The van der Waals surface area contributed by atoms with E-state index in [1.165, 1.54) is 0 Å². The van der Waals surface area contributed by atoms with Crippen LogP contribution in [0.15, 0.2) is 24.3 Å². The van der Waals surface area contributed by atoms with Crippen LogP contribution in [0, 0.1) is 0 Å². The zero-order valence-electron chi connectivity index (χ0n) is 13.3. The van der Waals surface area contributed by atoms with Crippen LogP contribution in [0.25, 0.3) is 0 Å². The van der Waals surface area contributed by atoms with Crippen LogP contribution in [-0.2, 0) is 20.0 Å². The van der Waals surface area contributed by atoms with E-state index in [4.69, 9.17) is 9.05 Å². The maximum atomic E-state index is 12.8. The zero-order valence-corrected chi connectivity index (χ0v) is 17.3. The number of halogens is 2. The lowest BCUT2D eigenvalue weighted by Gasteiger charge is -2.18. The molecule has 0 aliphatic heterocycles. The zero-order chi connectivity index (χ0) is 17.0. The van der Waals surface area contributed by atoms with Gasteiger partial charge in [-0.2, -0.15) is 0 Å². The Morgan fingerprint density at radius 2 is 1.52 bits per heavy atom. The number of rotatable bonds is 13. The number of hydrogen-bond donors (Lipinski definition) is 1. The first-order valence-corrected chi connectivity index (χ1v) is 11.8. The fraction of sp³-hybridized carbons (Fsp3) is 0.625. The van der Waals surface area contributed by atoms with E-state index in [2.05, 4.69) is 31.9 Å². The monoisotopic (exact) mass is 470 g/mol. The van der Waals surface area contributed by atoms with Gasteiger partial charge >= 0.3 is 7.60 Å². The standard InChI is InChI=1S/C16H25Br2O4P/c17-10-1-3-12-21-23(20,14-4-2-11-18)22-13-9-15-5-7-16(19)8-6-15/h5-8,19H,1-4,9-14H2. The number of aromatic hydroxyl groups is 1. The molecule has 132 valence electrons. The van der Waals surface area contributed by atoms with Gasteiger partial charge in [-0.05, 0) is 49.8 Å². The van der Waals surface area contributed by atoms with E-state index in [0.717, 1.165) is 41.9 Å². The summed E-state index contributed by atoms with van der Waals surface area (Å²) in [7, 11) is -3.02. The molecule has 0 aliphatic carbocycles. The average molecular weight is 472 g/mol. The third-order valence-corrected chi connectivity index (χ3v) is 6.38. The third-order valence-electron chi connectivity index (χ3n) is 3.25. The minimum atomic E-state index is -3.02. The molecular formula is C16H25Br2O4P. The van der Waals surface area contributed by atoms with Crippen LogP contribution in [0.2, 0.25) is 0 Å². The summed E-state index contributed by atoms with van der Waals surface area (Å²) in [4.78, 5) is 0. The van der Waals surface area contributed by atoms with Crippen LogP contribution in [-0.4, -0.2) is 35.1 Å². The summed E-state index contributed by atoms with van der Waals surface area (Å²) >= 11 is 6.76. The molecule has 0 aliphatic rings. The fourth-order valence-corrected chi connectivity index (χ4v) is 4.45. The Hall–Kier alpha value is 0.130. The molecule has 0 heterocycles. The van der Waals surface area contributed by atoms with Crippen LogP contribution >= 0.6 is 39.5 Å². The second-order valence-corrected chi connectivity index (χ2v) is 8.98. The summed E-state index contributed by atoms with van der Waals surface area (Å²) in [6.45, 7) is 0.825. The maximum Gasteiger partial charge on any atom is 0.330 e. The summed E-state index contributed by atoms with van der Waals surface area (Å²) in [5.41, 5.74) is 1.04. The highest BCUT2D eigenvalue weighted by Gasteiger charge is 2.23. The molecule has 0 bridgehead atoms. The van der Waals surface area contributed by atoms with Crippen molar-refractivity contribution in [3.05, 3.63) is 29.8 Å². The van der Waals surface area contributed by atoms with Gasteiger partial charge < -0.3 is 14.2 Å². The van der Waals surface area contributed by atoms with Gasteiger partial charge in [-0.25, -0.2) is 0 Å². The second kappa shape index (κ2) is 12.5. The van der Waals surface area contributed by atoms with Crippen molar-refractivity contribution < 1.29 is 18.7 Å². The molecule has 1 N–H and O–H groups in total. The molecule has 1 unspecified atom stereocenters. The predicted molar refractivity (Wildman–Crippen MR) is 102 cm³/mol. The number of benzene rings is 1. The molecule has 7 heteroatoms. The van der Waals surface area contributed by atoms with Gasteiger partial charge in [-0.1, -0.05) is 44.0 Å². The summed E-state index contributed by atoms with van der Waals surface area (Å²) in [5, 5.41) is 11.1. The van der Waals surface area contributed by atoms with E-state index in [1.807, 2.05) is 12.1 Å². The molecular weight excluding hydrogens is 447 g/mol. The molecule has 0 aromatic heterocycles. The van der Waals surface area contributed by atoms with E-state index in [1.54, 1.807) is 12.1 Å². The highest BCUT2D eigenvalue weighted by Crippen LogP contribution is 2.49. The third kappa shape index (κ3) is 9.88. The topological polar surface area (TPSA) is 55.8 Å². The Morgan fingerprint density at radius 3 is 2.17 bits per heavy atom. The molecule has 0 fully saturated rings. The molecule has 1 aromatic carbocycles. The van der Waals surface area contributed by atoms with Gasteiger partial charge in [0.2, 0.25) is 0 Å². The van der Waals surface area contributed by atoms with Crippen molar-refractivity contribution in [3.8, 4) is 5.75 Å². The normalized spacial score (nSPS) is 13.8. The van der Waals surface area contributed by atoms with E-state index in [0.29, 0.717) is 25.8 Å². The number of alkyl halides is 2. The van der Waals surface area contributed by atoms with Crippen molar-refractivity contribution in [1.82, 2.24) is 0 Å². The SMILES string of the molecule is O=P(CCCCBr)(OCCCCBr)OCCc1ccc(O)cc1. The van der Waals surface area contributed by atoms with Crippen molar-refractivity contribution >= 4 is 39.5 Å².